The second kappa shape index (κ2) is 6.83. The van der Waals surface area contributed by atoms with E-state index in [2.05, 4.69) is 0 Å². The van der Waals surface area contributed by atoms with Gasteiger partial charge in [-0.05, 0) is 32.7 Å². The van der Waals surface area contributed by atoms with Crippen LogP contribution in [0.25, 0.3) is 6.08 Å². The van der Waals surface area contributed by atoms with Crippen molar-refractivity contribution in [1.82, 2.24) is 9.80 Å². The van der Waals surface area contributed by atoms with Crippen LogP contribution < -0.4 is 0 Å². The van der Waals surface area contributed by atoms with Gasteiger partial charge in [-0.15, -0.1) is 0 Å². The highest BCUT2D eigenvalue weighted by molar-refractivity contribution is 5.92. The fraction of sp³-hybridized carbons (Fsp3) is 0.438. The average molecular weight is 292 g/mol. The van der Waals surface area contributed by atoms with Crippen molar-refractivity contribution in [3.8, 4) is 0 Å². The summed E-state index contributed by atoms with van der Waals surface area (Å²) in [5.41, 5.74) is 0.384. The van der Waals surface area contributed by atoms with Gasteiger partial charge in [0.1, 0.15) is 5.82 Å². The van der Waals surface area contributed by atoms with Crippen LogP contribution in [0.5, 0.6) is 0 Å². The number of carbonyl (C=O) groups is 1. The van der Waals surface area contributed by atoms with Gasteiger partial charge in [0.25, 0.3) is 0 Å². The summed E-state index contributed by atoms with van der Waals surface area (Å²) >= 11 is 0. The Balaban J connectivity index is 2.06. The molecule has 2 unspecified atom stereocenters. The first kappa shape index (κ1) is 15.7. The summed E-state index contributed by atoms with van der Waals surface area (Å²) in [6, 6.07) is 6.31. The molecular weight excluding hydrogens is 271 g/mol. The Morgan fingerprint density at radius 1 is 1.48 bits per heavy atom. The second-order valence-electron chi connectivity index (χ2n) is 5.65. The van der Waals surface area contributed by atoms with Gasteiger partial charge in [-0.2, -0.15) is 0 Å². The molecule has 0 aliphatic carbocycles. The summed E-state index contributed by atoms with van der Waals surface area (Å²) in [5.74, 6) is -0.547. The van der Waals surface area contributed by atoms with Gasteiger partial charge in [0.2, 0.25) is 5.91 Å². The number of aliphatic hydroxyl groups is 1. The molecule has 1 fully saturated rings. The standard InChI is InChI=1S/C16H21FN2O2/c1-18(2)10-13-9-14(20)11-19(13)16(21)8-7-12-5-3-4-6-15(12)17/h3-8,13-14,20H,9-11H2,1-2H3. The van der Waals surface area contributed by atoms with Crippen molar-refractivity contribution in [3.63, 3.8) is 0 Å². The third kappa shape index (κ3) is 4.12. The maximum Gasteiger partial charge on any atom is 0.246 e. The van der Waals surface area contributed by atoms with Crippen molar-refractivity contribution in [2.45, 2.75) is 18.6 Å². The van der Waals surface area contributed by atoms with Crippen LogP contribution in [0.2, 0.25) is 0 Å². The van der Waals surface area contributed by atoms with Crippen LogP contribution in [-0.2, 0) is 4.79 Å². The molecule has 1 aromatic rings. The van der Waals surface area contributed by atoms with E-state index in [1.165, 1.54) is 18.2 Å². The molecule has 1 aliphatic rings. The number of hydrogen-bond acceptors (Lipinski definition) is 3. The van der Waals surface area contributed by atoms with Crippen LogP contribution in [0.3, 0.4) is 0 Å². The van der Waals surface area contributed by atoms with Crippen molar-refractivity contribution in [3.05, 3.63) is 41.7 Å². The Morgan fingerprint density at radius 2 is 2.19 bits per heavy atom. The van der Waals surface area contributed by atoms with Gasteiger partial charge in [0.05, 0.1) is 6.10 Å². The molecule has 1 heterocycles. The predicted molar refractivity (Wildman–Crippen MR) is 80.1 cm³/mol. The van der Waals surface area contributed by atoms with Crippen LogP contribution in [-0.4, -0.2) is 60.1 Å². The maximum atomic E-state index is 13.5. The highest BCUT2D eigenvalue weighted by Gasteiger charge is 2.33. The fourth-order valence-corrected chi connectivity index (χ4v) is 2.62. The monoisotopic (exact) mass is 292 g/mol. The molecule has 1 N–H and O–H groups in total. The van der Waals surface area contributed by atoms with E-state index in [1.54, 1.807) is 23.1 Å². The van der Waals surface area contributed by atoms with Crippen LogP contribution in [0.15, 0.2) is 30.3 Å². The van der Waals surface area contributed by atoms with E-state index in [4.69, 9.17) is 0 Å². The lowest BCUT2D eigenvalue weighted by Crippen LogP contribution is -2.40. The number of β-amino-alcohol motifs (C(OH)–C–C–N with tert-alkyl or cyclic N) is 1. The normalized spacial score (nSPS) is 22.4. The smallest absolute Gasteiger partial charge is 0.246 e. The van der Waals surface area contributed by atoms with E-state index < -0.39 is 6.10 Å². The van der Waals surface area contributed by atoms with Gasteiger partial charge in [-0.3, -0.25) is 4.79 Å². The second-order valence-corrected chi connectivity index (χ2v) is 5.65. The molecule has 114 valence electrons. The van der Waals surface area contributed by atoms with Gasteiger partial charge in [0, 0.05) is 30.8 Å². The number of hydrogen-bond donors (Lipinski definition) is 1. The third-order valence-electron chi connectivity index (χ3n) is 3.56. The Labute approximate surface area is 124 Å². The molecule has 0 radical (unpaired) electrons. The van der Waals surface area contributed by atoms with Crippen molar-refractivity contribution in [1.29, 1.82) is 0 Å². The summed E-state index contributed by atoms with van der Waals surface area (Å²) in [6.07, 6.45) is 2.95. The van der Waals surface area contributed by atoms with Crippen molar-refractivity contribution in [2.75, 3.05) is 27.2 Å². The number of nitrogens with zero attached hydrogens (tertiary/aromatic N) is 2. The van der Waals surface area contributed by atoms with Crippen LogP contribution in [0.1, 0.15) is 12.0 Å². The number of likely N-dealkylation sites (N-methyl/N-ethyl adjacent to an activating group) is 1. The van der Waals surface area contributed by atoms with E-state index in [1.807, 2.05) is 19.0 Å². The zero-order chi connectivity index (χ0) is 15.4. The minimum Gasteiger partial charge on any atom is -0.391 e. The van der Waals surface area contributed by atoms with Crippen LogP contribution in [0, 0.1) is 5.82 Å². The van der Waals surface area contributed by atoms with Crippen LogP contribution >= 0.6 is 0 Å². The number of likely N-dealkylation sites (tertiary alicyclic amines) is 1. The zero-order valence-electron chi connectivity index (χ0n) is 12.4. The number of amides is 1. The quantitative estimate of drug-likeness (QED) is 0.852. The molecule has 4 nitrogen and oxygen atoms in total. The molecule has 0 bridgehead atoms. The van der Waals surface area contributed by atoms with E-state index in [9.17, 15) is 14.3 Å². The zero-order valence-corrected chi connectivity index (χ0v) is 12.4. The van der Waals surface area contributed by atoms with E-state index in [0.717, 1.165) is 0 Å². The molecule has 0 saturated carbocycles. The van der Waals surface area contributed by atoms with Gasteiger partial charge < -0.3 is 14.9 Å². The lowest BCUT2D eigenvalue weighted by molar-refractivity contribution is -0.127. The SMILES string of the molecule is CN(C)CC1CC(O)CN1C(=O)C=Cc1ccccc1F. The topological polar surface area (TPSA) is 43.8 Å². The lowest BCUT2D eigenvalue weighted by Gasteiger charge is -2.25. The van der Waals surface area contributed by atoms with Gasteiger partial charge >= 0.3 is 0 Å². The highest BCUT2D eigenvalue weighted by Crippen LogP contribution is 2.19. The molecule has 2 atom stereocenters. The minimum absolute atomic E-state index is 0.00669. The first-order valence-corrected chi connectivity index (χ1v) is 7.03. The fourth-order valence-electron chi connectivity index (χ4n) is 2.62. The maximum absolute atomic E-state index is 13.5. The molecule has 1 amide bonds. The lowest BCUT2D eigenvalue weighted by atomic mass is 10.2. The Bertz CT molecular complexity index is 531. The number of rotatable bonds is 4. The number of halogens is 1. The summed E-state index contributed by atoms with van der Waals surface area (Å²) in [7, 11) is 3.87. The molecule has 1 aromatic carbocycles. The van der Waals surface area contributed by atoms with E-state index in [0.29, 0.717) is 25.1 Å². The summed E-state index contributed by atoms with van der Waals surface area (Å²) in [5, 5.41) is 9.76. The number of aliphatic hydroxyl groups excluding tert-OH is 1. The van der Waals surface area contributed by atoms with Crippen LogP contribution in [0.4, 0.5) is 4.39 Å². The first-order chi connectivity index (χ1) is 9.97. The predicted octanol–water partition coefficient (Wildman–Crippen LogP) is 1.36. The van der Waals surface area contributed by atoms with Crippen molar-refractivity contribution in [2.24, 2.45) is 0 Å². The summed E-state index contributed by atoms with van der Waals surface area (Å²) < 4.78 is 13.5. The third-order valence-corrected chi connectivity index (χ3v) is 3.56. The summed E-state index contributed by atoms with van der Waals surface area (Å²) in [4.78, 5) is 15.9. The molecule has 0 spiro atoms. The van der Waals surface area contributed by atoms with Gasteiger partial charge in [-0.1, -0.05) is 18.2 Å². The highest BCUT2D eigenvalue weighted by atomic mass is 19.1. The van der Waals surface area contributed by atoms with Gasteiger partial charge in [0.15, 0.2) is 0 Å². The Kier molecular flexibility index (Phi) is 5.09. The molecule has 1 aliphatic heterocycles. The van der Waals surface area contributed by atoms with Crippen molar-refractivity contribution >= 4 is 12.0 Å². The number of carbonyl (C=O) groups excluding carboxylic acids is 1. The molecule has 5 heteroatoms. The molecule has 0 aromatic heterocycles. The Hall–Kier alpha value is -1.72. The van der Waals surface area contributed by atoms with E-state index >= 15 is 0 Å². The van der Waals surface area contributed by atoms with Gasteiger partial charge in [-0.25, -0.2) is 4.39 Å². The molecule has 1 saturated heterocycles. The summed E-state index contributed by atoms with van der Waals surface area (Å²) in [6.45, 7) is 1.04. The minimum atomic E-state index is -0.485. The molecular formula is C16H21FN2O2. The molecule has 21 heavy (non-hydrogen) atoms. The van der Waals surface area contributed by atoms with E-state index in [-0.39, 0.29) is 17.8 Å². The largest absolute Gasteiger partial charge is 0.391 e. The first-order valence-electron chi connectivity index (χ1n) is 7.03. The Morgan fingerprint density at radius 3 is 2.86 bits per heavy atom. The number of benzene rings is 1. The molecule has 2 rings (SSSR count). The van der Waals surface area contributed by atoms with Crippen molar-refractivity contribution < 1.29 is 14.3 Å². The average Bonchev–Trinajstić information content (AvgIpc) is 2.77.